The van der Waals surface area contributed by atoms with Crippen LogP contribution < -0.4 is 10.6 Å². The van der Waals surface area contributed by atoms with Gasteiger partial charge in [0, 0.05) is 12.4 Å². The molecule has 0 bridgehead atoms. The van der Waals surface area contributed by atoms with Crippen molar-refractivity contribution in [2.24, 2.45) is 0 Å². The number of carbonyl (C=O) groups excluding carboxylic acids is 1. The van der Waals surface area contributed by atoms with Crippen LogP contribution in [0.4, 0.5) is 4.79 Å². The first-order valence-corrected chi connectivity index (χ1v) is 7.37. The summed E-state index contributed by atoms with van der Waals surface area (Å²) in [4.78, 5) is 16.2. The summed E-state index contributed by atoms with van der Waals surface area (Å²) in [5.74, 6) is 0. The van der Waals surface area contributed by atoms with Crippen LogP contribution in [0.25, 0.3) is 0 Å². The van der Waals surface area contributed by atoms with Crippen molar-refractivity contribution in [3.8, 4) is 0 Å². The quantitative estimate of drug-likeness (QED) is 0.900. The molecule has 2 N–H and O–H groups in total. The van der Waals surface area contributed by atoms with Crippen molar-refractivity contribution in [1.82, 2.24) is 15.6 Å². The second kappa shape index (κ2) is 5.64. The lowest BCUT2D eigenvalue weighted by Crippen LogP contribution is -2.50. The van der Waals surface area contributed by atoms with E-state index in [1.165, 1.54) is 0 Å². The maximum Gasteiger partial charge on any atom is 0.315 e. The minimum absolute atomic E-state index is 0.00265. The highest BCUT2D eigenvalue weighted by Gasteiger charge is 2.46. The van der Waals surface area contributed by atoms with Crippen molar-refractivity contribution in [2.45, 2.75) is 64.3 Å². The van der Waals surface area contributed by atoms with Gasteiger partial charge in [0.2, 0.25) is 0 Å². The third kappa shape index (κ3) is 3.94. The number of nitrogens with zero attached hydrogens (tertiary/aromatic N) is 1. The van der Waals surface area contributed by atoms with Crippen LogP contribution in [0.3, 0.4) is 0 Å². The molecule has 1 fully saturated rings. The van der Waals surface area contributed by atoms with E-state index >= 15 is 0 Å². The predicted molar refractivity (Wildman–Crippen MR) is 82.0 cm³/mol. The zero-order valence-corrected chi connectivity index (χ0v) is 13.4. The van der Waals surface area contributed by atoms with Gasteiger partial charge in [-0.25, -0.2) is 4.79 Å². The minimum atomic E-state index is -0.360. The summed E-state index contributed by atoms with van der Waals surface area (Å²) in [6, 6.07) is 3.56. The Morgan fingerprint density at radius 3 is 2.48 bits per heavy atom. The molecule has 0 aromatic carbocycles. The zero-order valence-electron chi connectivity index (χ0n) is 13.4. The van der Waals surface area contributed by atoms with Crippen molar-refractivity contribution in [3.63, 3.8) is 0 Å². The SMILES string of the molecule is C[C@@H](NC(=O)N[C@H]1CC(C)(C)OC1(C)C)c1ccncc1. The van der Waals surface area contributed by atoms with Gasteiger partial charge in [0.1, 0.15) is 0 Å². The van der Waals surface area contributed by atoms with Crippen molar-refractivity contribution < 1.29 is 9.53 Å². The normalized spacial score (nSPS) is 24.3. The van der Waals surface area contributed by atoms with E-state index in [0.29, 0.717) is 0 Å². The smallest absolute Gasteiger partial charge is 0.315 e. The molecule has 2 heterocycles. The number of hydrogen-bond donors (Lipinski definition) is 2. The van der Waals surface area contributed by atoms with Crippen LogP contribution in [0, 0.1) is 0 Å². The molecular formula is C16H25N3O2. The number of nitrogens with one attached hydrogen (secondary N) is 2. The highest BCUT2D eigenvalue weighted by atomic mass is 16.5. The van der Waals surface area contributed by atoms with Gasteiger partial charge in [-0.15, -0.1) is 0 Å². The summed E-state index contributed by atoms with van der Waals surface area (Å²) in [5, 5.41) is 5.99. The first-order valence-electron chi connectivity index (χ1n) is 7.37. The highest BCUT2D eigenvalue weighted by Crippen LogP contribution is 2.37. The molecule has 2 atom stereocenters. The molecule has 1 aliphatic heterocycles. The highest BCUT2D eigenvalue weighted by molar-refractivity contribution is 5.75. The van der Waals surface area contributed by atoms with Gasteiger partial charge in [0.05, 0.1) is 23.3 Å². The van der Waals surface area contributed by atoms with Crippen molar-refractivity contribution in [2.75, 3.05) is 0 Å². The summed E-state index contributed by atoms with van der Waals surface area (Å²) < 4.78 is 5.99. The number of rotatable bonds is 3. The Hall–Kier alpha value is -1.62. The summed E-state index contributed by atoms with van der Waals surface area (Å²) in [6.45, 7) is 10.1. The Labute approximate surface area is 126 Å². The fourth-order valence-electron chi connectivity index (χ4n) is 2.92. The second-order valence-corrected chi connectivity index (χ2v) is 6.84. The van der Waals surface area contributed by atoms with E-state index in [4.69, 9.17) is 4.74 Å². The summed E-state index contributed by atoms with van der Waals surface area (Å²) in [7, 11) is 0. The lowest BCUT2D eigenvalue weighted by Gasteiger charge is -2.28. The van der Waals surface area contributed by atoms with Crippen LogP contribution in [0.1, 0.15) is 52.6 Å². The molecule has 0 aliphatic carbocycles. The number of aromatic nitrogens is 1. The van der Waals surface area contributed by atoms with Crippen LogP contribution in [0.2, 0.25) is 0 Å². The Balaban J connectivity index is 1.93. The number of amides is 2. The zero-order chi connectivity index (χ0) is 15.7. The lowest BCUT2D eigenvalue weighted by atomic mass is 9.94. The number of ether oxygens (including phenoxy) is 1. The van der Waals surface area contributed by atoms with Gasteiger partial charge in [-0.2, -0.15) is 0 Å². The molecule has 0 saturated carbocycles. The third-order valence-corrected chi connectivity index (χ3v) is 3.93. The number of urea groups is 1. The second-order valence-electron chi connectivity index (χ2n) is 6.84. The summed E-state index contributed by atoms with van der Waals surface area (Å²) in [6.07, 6.45) is 4.25. The molecule has 5 heteroatoms. The first kappa shape index (κ1) is 15.8. The van der Waals surface area contributed by atoms with Crippen LogP contribution in [-0.2, 0) is 4.74 Å². The van der Waals surface area contributed by atoms with E-state index in [0.717, 1.165) is 12.0 Å². The molecule has 1 saturated heterocycles. The van der Waals surface area contributed by atoms with E-state index in [9.17, 15) is 4.79 Å². The lowest BCUT2D eigenvalue weighted by molar-refractivity contribution is -0.0690. The van der Waals surface area contributed by atoms with Crippen molar-refractivity contribution in [1.29, 1.82) is 0 Å². The Morgan fingerprint density at radius 1 is 1.33 bits per heavy atom. The predicted octanol–water partition coefficient (Wildman–Crippen LogP) is 2.79. The van der Waals surface area contributed by atoms with E-state index < -0.39 is 0 Å². The van der Waals surface area contributed by atoms with Crippen LogP contribution >= 0.6 is 0 Å². The van der Waals surface area contributed by atoms with Crippen molar-refractivity contribution in [3.05, 3.63) is 30.1 Å². The average Bonchev–Trinajstić information content (AvgIpc) is 2.57. The summed E-state index contributed by atoms with van der Waals surface area (Å²) in [5.41, 5.74) is 0.459. The number of pyridine rings is 1. The molecule has 1 aliphatic rings. The van der Waals surface area contributed by atoms with Gasteiger partial charge in [-0.3, -0.25) is 4.98 Å². The number of hydrogen-bond acceptors (Lipinski definition) is 3. The van der Waals surface area contributed by atoms with Gasteiger partial charge in [0.15, 0.2) is 0 Å². The average molecular weight is 291 g/mol. The van der Waals surface area contributed by atoms with Gasteiger partial charge < -0.3 is 15.4 Å². The molecule has 2 amide bonds. The molecule has 21 heavy (non-hydrogen) atoms. The van der Waals surface area contributed by atoms with Crippen LogP contribution in [-0.4, -0.2) is 28.3 Å². The van der Waals surface area contributed by atoms with E-state index in [2.05, 4.69) is 15.6 Å². The topological polar surface area (TPSA) is 63.2 Å². The Kier molecular flexibility index (Phi) is 4.23. The molecule has 0 radical (unpaired) electrons. The molecule has 0 unspecified atom stereocenters. The third-order valence-electron chi connectivity index (χ3n) is 3.93. The maximum atomic E-state index is 12.2. The van der Waals surface area contributed by atoms with Gasteiger partial charge in [0.25, 0.3) is 0 Å². The maximum absolute atomic E-state index is 12.2. The van der Waals surface area contributed by atoms with Crippen LogP contribution in [0.5, 0.6) is 0 Å². The minimum Gasteiger partial charge on any atom is -0.367 e. The largest absolute Gasteiger partial charge is 0.367 e. The molecule has 2 rings (SSSR count). The Bertz CT molecular complexity index is 500. The van der Waals surface area contributed by atoms with Gasteiger partial charge in [-0.05, 0) is 58.7 Å². The van der Waals surface area contributed by atoms with Gasteiger partial charge in [-0.1, -0.05) is 0 Å². The molecule has 0 spiro atoms. The van der Waals surface area contributed by atoms with Gasteiger partial charge >= 0.3 is 6.03 Å². The molecule has 5 nitrogen and oxygen atoms in total. The fourth-order valence-corrected chi connectivity index (χ4v) is 2.92. The van der Waals surface area contributed by atoms with E-state index in [1.54, 1.807) is 12.4 Å². The fraction of sp³-hybridized carbons (Fsp3) is 0.625. The molecule has 1 aromatic heterocycles. The van der Waals surface area contributed by atoms with E-state index in [1.807, 2.05) is 46.8 Å². The standard InChI is InChI=1S/C16H25N3O2/c1-11(12-6-8-17-9-7-12)18-14(20)19-13-10-15(2,3)21-16(13,4)5/h6-9,11,13H,10H2,1-5H3,(H2,18,19,20)/t11-,13+/m1/s1. The Morgan fingerprint density at radius 2 is 1.95 bits per heavy atom. The first-order chi connectivity index (χ1) is 9.70. The molecule has 116 valence electrons. The monoisotopic (exact) mass is 291 g/mol. The molecule has 1 aromatic rings. The van der Waals surface area contributed by atoms with Crippen LogP contribution in [0.15, 0.2) is 24.5 Å². The molecular weight excluding hydrogens is 266 g/mol. The van der Waals surface area contributed by atoms with E-state index in [-0.39, 0.29) is 29.3 Å². The van der Waals surface area contributed by atoms with Crippen molar-refractivity contribution >= 4 is 6.03 Å². The number of carbonyl (C=O) groups is 1. The summed E-state index contributed by atoms with van der Waals surface area (Å²) >= 11 is 0.